The Morgan fingerprint density at radius 1 is 1.00 bits per heavy atom. The molecule has 0 aliphatic rings. The highest BCUT2D eigenvalue weighted by atomic mass is 16.6. The van der Waals surface area contributed by atoms with Crippen LogP contribution in [-0.2, 0) is 16.1 Å². The van der Waals surface area contributed by atoms with Crippen LogP contribution >= 0.6 is 0 Å². The normalized spacial score (nSPS) is 12.0. The summed E-state index contributed by atoms with van der Waals surface area (Å²) in [7, 11) is 1.60. The number of hydrogen-bond donors (Lipinski definition) is 0. The highest BCUT2D eigenvalue weighted by Gasteiger charge is 2.20. The Bertz CT molecular complexity index is 933. The highest BCUT2D eigenvalue weighted by Crippen LogP contribution is 2.24. The van der Waals surface area contributed by atoms with Gasteiger partial charge in [-0.3, -0.25) is 0 Å². The van der Waals surface area contributed by atoms with Gasteiger partial charge >= 0.3 is 5.97 Å². The summed E-state index contributed by atoms with van der Waals surface area (Å²) in [5.74, 6) is 0.849. The third kappa shape index (κ3) is 5.42. The van der Waals surface area contributed by atoms with E-state index in [1.54, 1.807) is 38.3 Å². The molecule has 7 heteroatoms. The molecule has 0 saturated carbocycles. The number of methoxy groups -OCH3 is 1. The number of hydrogen-bond acceptors (Lipinski definition) is 7. The van der Waals surface area contributed by atoms with Crippen LogP contribution in [0.25, 0.3) is 11.5 Å². The summed E-state index contributed by atoms with van der Waals surface area (Å²) in [6.07, 6.45) is -0.524. The van der Waals surface area contributed by atoms with E-state index in [0.29, 0.717) is 18.1 Å². The fourth-order valence-corrected chi connectivity index (χ4v) is 2.53. The van der Waals surface area contributed by atoms with Crippen LogP contribution in [0.15, 0.2) is 52.9 Å². The quantitative estimate of drug-likeness (QED) is 0.515. The monoisotopic (exact) mass is 396 g/mol. The van der Waals surface area contributed by atoms with Crippen LogP contribution in [0.3, 0.4) is 0 Å². The van der Waals surface area contributed by atoms with E-state index in [1.165, 1.54) is 0 Å². The summed E-state index contributed by atoms with van der Waals surface area (Å²) in [6.45, 7) is 6.14. The van der Waals surface area contributed by atoms with E-state index in [4.69, 9.17) is 18.6 Å². The summed E-state index contributed by atoms with van der Waals surface area (Å²) in [5.41, 5.74) is 2.19. The van der Waals surface area contributed by atoms with Crippen LogP contribution in [0, 0.1) is 0 Å². The molecule has 0 fully saturated rings. The van der Waals surface area contributed by atoms with E-state index < -0.39 is 12.1 Å². The summed E-state index contributed by atoms with van der Waals surface area (Å²) in [4.78, 5) is 12.4. The Morgan fingerprint density at radius 3 is 2.31 bits per heavy atom. The maximum atomic E-state index is 12.4. The van der Waals surface area contributed by atoms with Crippen molar-refractivity contribution in [2.24, 2.45) is 0 Å². The molecular weight excluding hydrogens is 372 g/mol. The third-order valence-corrected chi connectivity index (χ3v) is 4.18. The number of ether oxygens (including phenoxy) is 3. The minimum atomic E-state index is -0.675. The molecule has 0 unspecified atom stereocenters. The summed E-state index contributed by atoms with van der Waals surface area (Å²) >= 11 is 0. The average Bonchev–Trinajstić information content (AvgIpc) is 3.23. The minimum absolute atomic E-state index is 0.151. The third-order valence-electron chi connectivity index (χ3n) is 4.18. The lowest BCUT2D eigenvalue weighted by molar-refractivity contribution is 0.0279. The van der Waals surface area contributed by atoms with Gasteiger partial charge in [-0.2, -0.15) is 0 Å². The topological polar surface area (TPSA) is 83.7 Å². The number of aromatic nitrogens is 2. The van der Waals surface area contributed by atoms with Gasteiger partial charge in [0.15, 0.2) is 6.10 Å². The molecule has 2 aromatic carbocycles. The molecule has 1 heterocycles. The number of esters is 1. The number of benzene rings is 2. The van der Waals surface area contributed by atoms with E-state index in [0.717, 1.165) is 16.9 Å². The Hall–Kier alpha value is -3.19. The summed E-state index contributed by atoms with van der Waals surface area (Å²) in [5, 5.41) is 8.02. The lowest BCUT2D eigenvalue weighted by Gasteiger charge is -2.10. The van der Waals surface area contributed by atoms with Crippen molar-refractivity contribution in [3.8, 4) is 17.2 Å². The van der Waals surface area contributed by atoms with E-state index in [9.17, 15) is 4.79 Å². The first-order chi connectivity index (χ1) is 14.0. The lowest BCUT2D eigenvalue weighted by atomic mass is 10.1. The number of carbonyl (C=O) groups is 1. The van der Waals surface area contributed by atoms with Crippen molar-refractivity contribution in [3.63, 3.8) is 0 Å². The Labute approximate surface area is 169 Å². The second-order valence-corrected chi connectivity index (χ2v) is 6.78. The maximum Gasteiger partial charge on any atom is 0.338 e. The molecule has 3 rings (SSSR count). The van der Waals surface area contributed by atoms with Gasteiger partial charge in [-0.1, -0.05) is 12.1 Å². The van der Waals surface area contributed by atoms with Crippen LogP contribution in [-0.4, -0.2) is 29.4 Å². The molecule has 1 aromatic heterocycles. The minimum Gasteiger partial charge on any atom is -0.497 e. The fraction of sp³-hybridized carbons (Fsp3) is 0.318. The van der Waals surface area contributed by atoms with Crippen molar-refractivity contribution >= 4 is 5.97 Å². The predicted molar refractivity (Wildman–Crippen MR) is 106 cm³/mol. The highest BCUT2D eigenvalue weighted by molar-refractivity contribution is 5.89. The molecule has 0 N–H and O–H groups in total. The van der Waals surface area contributed by atoms with E-state index in [1.807, 2.05) is 38.1 Å². The van der Waals surface area contributed by atoms with Crippen molar-refractivity contribution < 1.29 is 23.4 Å². The molecule has 0 aliphatic carbocycles. The van der Waals surface area contributed by atoms with E-state index in [-0.39, 0.29) is 12.0 Å². The van der Waals surface area contributed by atoms with Gasteiger partial charge in [0.25, 0.3) is 5.89 Å². The van der Waals surface area contributed by atoms with Crippen LogP contribution in [0.2, 0.25) is 0 Å². The van der Waals surface area contributed by atoms with Crippen molar-refractivity contribution in [2.75, 3.05) is 7.11 Å². The smallest absolute Gasteiger partial charge is 0.338 e. The first kappa shape index (κ1) is 20.5. The molecule has 0 saturated heterocycles. The van der Waals surface area contributed by atoms with Gasteiger partial charge in [-0.25, -0.2) is 4.79 Å². The largest absolute Gasteiger partial charge is 0.497 e. The SMILES string of the molecule is COc1ccc(-c2nnc([C@@H](C)OC(=O)c3ccc(COC(C)C)cc3)o2)cc1. The van der Waals surface area contributed by atoms with Gasteiger partial charge in [0.2, 0.25) is 5.89 Å². The maximum absolute atomic E-state index is 12.4. The number of carbonyl (C=O) groups excluding carboxylic acids is 1. The predicted octanol–water partition coefficient (Wildman–Crippen LogP) is 4.59. The molecule has 0 amide bonds. The van der Waals surface area contributed by atoms with Crippen molar-refractivity contribution in [3.05, 3.63) is 65.5 Å². The zero-order valence-corrected chi connectivity index (χ0v) is 16.9. The molecule has 152 valence electrons. The second kappa shape index (κ2) is 9.34. The van der Waals surface area contributed by atoms with Gasteiger partial charge < -0.3 is 18.6 Å². The zero-order chi connectivity index (χ0) is 20.8. The fourth-order valence-electron chi connectivity index (χ4n) is 2.53. The standard InChI is InChI=1S/C22H24N2O5/c1-14(2)27-13-16-5-7-18(8-6-16)22(25)28-15(3)20-23-24-21(29-20)17-9-11-19(26-4)12-10-17/h5-12,14-15H,13H2,1-4H3/t15-/m1/s1. The van der Waals surface area contributed by atoms with E-state index >= 15 is 0 Å². The number of nitrogens with zero attached hydrogens (tertiary/aromatic N) is 2. The molecular formula is C22H24N2O5. The van der Waals surface area contributed by atoms with Crippen molar-refractivity contribution in [2.45, 2.75) is 39.6 Å². The van der Waals surface area contributed by atoms with Gasteiger partial charge in [0, 0.05) is 5.56 Å². The van der Waals surface area contributed by atoms with Crippen LogP contribution in [0.4, 0.5) is 0 Å². The number of rotatable bonds is 8. The molecule has 1 atom stereocenters. The van der Waals surface area contributed by atoms with Crippen LogP contribution in [0.1, 0.15) is 48.7 Å². The van der Waals surface area contributed by atoms with Crippen LogP contribution < -0.4 is 4.74 Å². The molecule has 3 aromatic rings. The molecule has 7 nitrogen and oxygen atoms in total. The Kier molecular flexibility index (Phi) is 6.61. The molecule has 0 bridgehead atoms. The lowest BCUT2D eigenvalue weighted by Crippen LogP contribution is -2.10. The Balaban J connectivity index is 1.61. The first-order valence-electron chi connectivity index (χ1n) is 9.35. The van der Waals surface area contributed by atoms with Crippen LogP contribution in [0.5, 0.6) is 5.75 Å². The van der Waals surface area contributed by atoms with Crippen molar-refractivity contribution in [1.82, 2.24) is 10.2 Å². The summed E-state index contributed by atoms with van der Waals surface area (Å²) in [6, 6.07) is 14.4. The van der Waals surface area contributed by atoms with Gasteiger partial charge in [0.1, 0.15) is 5.75 Å². The molecule has 29 heavy (non-hydrogen) atoms. The Morgan fingerprint density at radius 2 is 1.69 bits per heavy atom. The zero-order valence-electron chi connectivity index (χ0n) is 16.9. The molecule has 0 radical (unpaired) electrons. The van der Waals surface area contributed by atoms with Gasteiger partial charge in [-0.05, 0) is 62.7 Å². The molecule has 0 spiro atoms. The average molecular weight is 396 g/mol. The van der Waals surface area contributed by atoms with Gasteiger partial charge in [0.05, 0.1) is 25.4 Å². The van der Waals surface area contributed by atoms with Gasteiger partial charge in [-0.15, -0.1) is 10.2 Å². The summed E-state index contributed by atoms with van der Waals surface area (Å²) < 4.78 is 21.8. The molecule has 0 aliphatic heterocycles. The van der Waals surface area contributed by atoms with E-state index in [2.05, 4.69) is 10.2 Å². The second-order valence-electron chi connectivity index (χ2n) is 6.78. The van der Waals surface area contributed by atoms with Crippen molar-refractivity contribution in [1.29, 1.82) is 0 Å². The first-order valence-corrected chi connectivity index (χ1v) is 9.35.